The quantitative estimate of drug-likeness (QED) is 0.343. The molecule has 11 heavy (non-hydrogen) atoms. The summed E-state index contributed by atoms with van der Waals surface area (Å²) in [6.45, 7) is 0.980. The van der Waals surface area contributed by atoms with Crippen LogP contribution in [0.5, 0.6) is 0 Å². The first kappa shape index (κ1) is 13.5. The van der Waals surface area contributed by atoms with Gasteiger partial charge in [0.15, 0.2) is 0 Å². The third kappa shape index (κ3) is 4.36. The fourth-order valence-corrected chi connectivity index (χ4v) is 0.616. The molecule has 0 N–H and O–H groups in total. The van der Waals surface area contributed by atoms with E-state index in [2.05, 4.69) is 4.74 Å². The van der Waals surface area contributed by atoms with E-state index in [-0.39, 0.29) is 17.1 Å². The van der Waals surface area contributed by atoms with Crippen LogP contribution < -0.4 is 0 Å². The van der Waals surface area contributed by atoms with Crippen molar-refractivity contribution in [3.8, 4) is 0 Å². The topological polar surface area (TPSA) is 83.5 Å². The Morgan fingerprint density at radius 3 is 2.00 bits per heavy atom. The van der Waals surface area contributed by atoms with E-state index in [1.807, 2.05) is 0 Å². The summed E-state index contributed by atoms with van der Waals surface area (Å²) in [5.74, 6) is -1.03. The molecule has 5 nitrogen and oxygen atoms in total. The molecule has 0 aromatic heterocycles. The van der Waals surface area contributed by atoms with Gasteiger partial charge in [0.25, 0.3) is 0 Å². The largest absolute Gasteiger partial charge is 0.747 e. The van der Waals surface area contributed by atoms with Crippen molar-refractivity contribution in [2.24, 2.45) is 0 Å². The summed E-state index contributed by atoms with van der Waals surface area (Å²) in [4.78, 5) is 10.4. The summed E-state index contributed by atoms with van der Waals surface area (Å²) >= 11 is 0. The zero-order valence-electron chi connectivity index (χ0n) is 5.90. The molecule has 0 spiro atoms. The van der Waals surface area contributed by atoms with Crippen molar-refractivity contribution in [2.45, 2.75) is 12.2 Å². The van der Waals surface area contributed by atoms with Crippen molar-refractivity contribution in [1.82, 2.24) is 0 Å². The second-order valence-corrected chi connectivity index (χ2v) is 3.35. The Labute approximate surface area is 75.3 Å². The van der Waals surface area contributed by atoms with E-state index in [9.17, 15) is 17.8 Å². The van der Waals surface area contributed by atoms with Crippen LogP contribution >= 0.6 is 0 Å². The van der Waals surface area contributed by atoms with Crippen LogP contribution in [0, 0.1) is 0 Å². The van der Waals surface area contributed by atoms with E-state index >= 15 is 0 Å². The summed E-state index contributed by atoms with van der Waals surface area (Å²) in [5.41, 5.74) is 0. The van der Waals surface area contributed by atoms with Crippen LogP contribution in [0.2, 0.25) is 0 Å². The molecule has 0 saturated carbocycles. The van der Waals surface area contributed by atoms with E-state index in [4.69, 9.17) is 0 Å². The van der Waals surface area contributed by atoms with Crippen molar-refractivity contribution < 1.29 is 39.6 Å². The van der Waals surface area contributed by atoms with Gasteiger partial charge in [-0.1, -0.05) is 0 Å². The van der Waals surface area contributed by atoms with Gasteiger partial charge >= 0.3 is 5.97 Å². The minimum atomic E-state index is -4.54. The van der Waals surface area contributed by atoms with Gasteiger partial charge in [-0.05, 0) is 6.92 Å². The van der Waals surface area contributed by atoms with Crippen molar-refractivity contribution in [2.75, 3.05) is 7.11 Å². The first-order valence-electron chi connectivity index (χ1n) is 2.42. The molecule has 0 amide bonds. The molecule has 0 aliphatic rings. The van der Waals surface area contributed by atoms with Crippen LogP contribution in [0.3, 0.4) is 0 Å². The molecule has 0 aromatic rings. The number of ether oxygens (including phenoxy) is 1. The number of esters is 1. The van der Waals surface area contributed by atoms with Crippen molar-refractivity contribution in [1.29, 1.82) is 0 Å². The average molecular weight is 222 g/mol. The average Bonchev–Trinajstić information content (AvgIpc) is 1.83. The normalized spacial score (nSPS) is 13.0. The Balaban J connectivity index is 0. The maximum atomic E-state index is 10.4. The van der Waals surface area contributed by atoms with Crippen LogP contribution in [-0.2, 0) is 36.7 Å². The first-order valence-corrected chi connectivity index (χ1v) is 3.89. The molecule has 0 heterocycles. The molecule has 0 saturated heterocycles. The van der Waals surface area contributed by atoms with Crippen molar-refractivity contribution >= 4 is 16.1 Å². The molecule has 67 valence electrons. The van der Waals surface area contributed by atoms with Gasteiger partial charge < -0.3 is 9.29 Å². The number of hydrogen-bond donors (Lipinski definition) is 0. The fraction of sp³-hybridized carbons (Fsp3) is 0.750. The minimum Gasteiger partial charge on any atom is -0.747 e. The zero-order valence-corrected chi connectivity index (χ0v) is 7.90. The van der Waals surface area contributed by atoms with Crippen LogP contribution in [0.4, 0.5) is 0 Å². The van der Waals surface area contributed by atoms with E-state index in [1.165, 1.54) is 0 Å². The minimum absolute atomic E-state index is 0. The Kier molecular flexibility index (Phi) is 5.78. The number of carbonyl (C=O) groups excluding carboxylic acids is 1. The smallest absolute Gasteiger partial charge is 0.322 e. The molecule has 1 atom stereocenters. The molecular formula is C4H7MnO5S-. The van der Waals surface area contributed by atoms with Crippen LogP contribution in [-0.4, -0.2) is 31.3 Å². The van der Waals surface area contributed by atoms with Crippen LogP contribution in [0.1, 0.15) is 6.92 Å². The summed E-state index contributed by atoms with van der Waals surface area (Å²) in [6.07, 6.45) is 0. The molecule has 7 heteroatoms. The molecule has 0 aliphatic carbocycles. The van der Waals surface area contributed by atoms with Crippen LogP contribution in [0.25, 0.3) is 0 Å². The second-order valence-electron chi connectivity index (χ2n) is 1.66. The third-order valence-corrected chi connectivity index (χ3v) is 2.02. The maximum Gasteiger partial charge on any atom is 0.322 e. The van der Waals surface area contributed by atoms with Crippen molar-refractivity contribution in [3.05, 3.63) is 0 Å². The molecule has 0 aliphatic heterocycles. The van der Waals surface area contributed by atoms with Gasteiger partial charge in [-0.25, -0.2) is 8.42 Å². The molecule has 0 rings (SSSR count). The first-order chi connectivity index (χ1) is 4.39. The third-order valence-electron chi connectivity index (χ3n) is 0.966. The zero-order chi connectivity index (χ0) is 8.36. The maximum absolute atomic E-state index is 10.4. The van der Waals surface area contributed by atoms with Gasteiger partial charge in [0.05, 0.1) is 7.11 Å². The van der Waals surface area contributed by atoms with Gasteiger partial charge in [0.1, 0.15) is 15.4 Å². The predicted octanol–water partition coefficient (Wildman–Crippen LogP) is -0.909. The number of rotatable bonds is 2. The summed E-state index contributed by atoms with van der Waals surface area (Å²) < 4.78 is 34.2. The van der Waals surface area contributed by atoms with Gasteiger partial charge in [-0.2, -0.15) is 0 Å². The molecule has 0 bridgehead atoms. The van der Waals surface area contributed by atoms with E-state index < -0.39 is 21.3 Å². The Hall–Kier alpha value is -0.101. The molecule has 0 fully saturated rings. The summed E-state index contributed by atoms with van der Waals surface area (Å²) in [5, 5.41) is -1.61. The van der Waals surface area contributed by atoms with Crippen LogP contribution in [0.15, 0.2) is 0 Å². The Morgan fingerprint density at radius 1 is 1.55 bits per heavy atom. The molecule has 1 radical (unpaired) electrons. The SMILES string of the molecule is COC(=O)C(C)S(=O)(=O)[O-].[Mn]. The van der Waals surface area contributed by atoms with Gasteiger partial charge in [0.2, 0.25) is 0 Å². The standard InChI is InChI=1S/C4H8O5S.Mn/c1-3(4(5)9-2)10(6,7)8;/h3H,1-2H3,(H,6,7,8);/p-1. The van der Waals surface area contributed by atoms with E-state index in [0.717, 1.165) is 14.0 Å². The monoisotopic (exact) mass is 222 g/mol. The molecule has 1 unspecified atom stereocenters. The van der Waals surface area contributed by atoms with Gasteiger partial charge in [0, 0.05) is 17.1 Å². The van der Waals surface area contributed by atoms with Gasteiger partial charge in [-0.3, -0.25) is 4.79 Å². The fourth-order valence-electron chi connectivity index (χ4n) is 0.284. The number of methoxy groups -OCH3 is 1. The Bertz CT molecular complexity index is 221. The second kappa shape index (κ2) is 4.71. The van der Waals surface area contributed by atoms with E-state index in [1.54, 1.807) is 0 Å². The summed E-state index contributed by atoms with van der Waals surface area (Å²) in [7, 11) is -3.52. The molecule has 0 aromatic carbocycles. The molecular weight excluding hydrogens is 215 g/mol. The van der Waals surface area contributed by atoms with E-state index in [0.29, 0.717) is 0 Å². The number of carbonyl (C=O) groups is 1. The van der Waals surface area contributed by atoms with Gasteiger partial charge in [-0.15, -0.1) is 0 Å². The number of hydrogen-bond acceptors (Lipinski definition) is 5. The van der Waals surface area contributed by atoms with Crippen molar-refractivity contribution in [3.63, 3.8) is 0 Å². The predicted molar refractivity (Wildman–Crippen MR) is 31.2 cm³/mol. The Morgan fingerprint density at radius 2 is 1.91 bits per heavy atom. The summed E-state index contributed by atoms with van der Waals surface area (Å²) in [6, 6.07) is 0.